The number of amides is 1. The monoisotopic (exact) mass is 391 g/mol. The second kappa shape index (κ2) is 8.14. The smallest absolute Gasteiger partial charge is 0.346 e. The van der Waals surface area contributed by atoms with Gasteiger partial charge < -0.3 is 19.5 Å². The predicted molar refractivity (Wildman–Crippen MR) is 109 cm³/mol. The highest BCUT2D eigenvalue weighted by atomic mass is 16.5. The summed E-state index contributed by atoms with van der Waals surface area (Å²) in [4.78, 5) is 39.9. The van der Waals surface area contributed by atoms with Crippen LogP contribution in [0.3, 0.4) is 0 Å². The number of ether oxygens (including phenoxy) is 1. The molecule has 1 fully saturated rings. The summed E-state index contributed by atoms with van der Waals surface area (Å²) in [6, 6.07) is 14.6. The SMILES string of the molecule is COc1cccc(-c2cc(C(=O)N3CCN(c4ccccn4)CC3)[nH]c(=O)n2)c1. The first-order valence-corrected chi connectivity index (χ1v) is 9.35. The maximum Gasteiger partial charge on any atom is 0.346 e. The van der Waals surface area contributed by atoms with Gasteiger partial charge in [0.05, 0.1) is 12.8 Å². The number of piperazine rings is 1. The van der Waals surface area contributed by atoms with Crippen LogP contribution in [0.4, 0.5) is 5.82 Å². The van der Waals surface area contributed by atoms with E-state index in [1.165, 1.54) is 0 Å². The Morgan fingerprint density at radius 3 is 2.62 bits per heavy atom. The second-order valence-electron chi connectivity index (χ2n) is 6.68. The summed E-state index contributed by atoms with van der Waals surface area (Å²) < 4.78 is 5.23. The van der Waals surface area contributed by atoms with Crippen molar-refractivity contribution in [1.82, 2.24) is 19.9 Å². The van der Waals surface area contributed by atoms with E-state index in [0.29, 0.717) is 43.2 Å². The van der Waals surface area contributed by atoms with Crippen LogP contribution < -0.4 is 15.3 Å². The number of rotatable bonds is 4. The van der Waals surface area contributed by atoms with Crippen LogP contribution in [0.15, 0.2) is 59.5 Å². The fraction of sp³-hybridized carbons (Fsp3) is 0.238. The molecular weight excluding hydrogens is 370 g/mol. The van der Waals surface area contributed by atoms with E-state index >= 15 is 0 Å². The molecule has 4 rings (SSSR count). The summed E-state index contributed by atoms with van der Waals surface area (Å²) in [5, 5.41) is 0. The molecule has 0 bridgehead atoms. The van der Waals surface area contributed by atoms with Crippen LogP contribution >= 0.6 is 0 Å². The summed E-state index contributed by atoms with van der Waals surface area (Å²) in [6.45, 7) is 2.46. The summed E-state index contributed by atoms with van der Waals surface area (Å²) in [5.74, 6) is 1.34. The number of benzene rings is 1. The number of H-pyrrole nitrogens is 1. The molecule has 148 valence electrons. The molecule has 1 amide bonds. The Morgan fingerprint density at radius 2 is 1.90 bits per heavy atom. The van der Waals surface area contributed by atoms with Gasteiger partial charge in [0.15, 0.2) is 0 Å². The number of anilines is 1. The maximum atomic E-state index is 13.0. The maximum absolute atomic E-state index is 13.0. The number of nitrogens with one attached hydrogen (secondary N) is 1. The average molecular weight is 391 g/mol. The van der Waals surface area contributed by atoms with Gasteiger partial charge in [0.1, 0.15) is 17.3 Å². The third-order valence-electron chi connectivity index (χ3n) is 4.88. The Kier molecular flexibility index (Phi) is 5.24. The van der Waals surface area contributed by atoms with Crippen molar-refractivity contribution in [2.24, 2.45) is 0 Å². The predicted octanol–water partition coefficient (Wildman–Crippen LogP) is 1.80. The second-order valence-corrected chi connectivity index (χ2v) is 6.68. The van der Waals surface area contributed by atoms with Gasteiger partial charge in [0.2, 0.25) is 0 Å². The van der Waals surface area contributed by atoms with E-state index in [4.69, 9.17) is 4.74 Å². The topological polar surface area (TPSA) is 91.4 Å². The minimum Gasteiger partial charge on any atom is -0.497 e. The molecule has 8 nitrogen and oxygen atoms in total. The normalized spacial score (nSPS) is 14.0. The van der Waals surface area contributed by atoms with Crippen molar-refractivity contribution in [3.05, 3.63) is 70.9 Å². The standard InChI is InChI=1S/C21H21N5O3/c1-29-16-6-4-5-15(13-16)17-14-18(24-21(28)23-17)20(27)26-11-9-25(10-12-26)19-7-2-3-8-22-19/h2-8,13-14H,9-12H2,1H3,(H,23,24,28). The third kappa shape index (κ3) is 4.11. The van der Waals surface area contributed by atoms with Crippen molar-refractivity contribution in [2.75, 3.05) is 38.2 Å². The summed E-state index contributed by atoms with van der Waals surface area (Å²) >= 11 is 0. The molecule has 0 atom stereocenters. The highest BCUT2D eigenvalue weighted by molar-refractivity contribution is 5.93. The van der Waals surface area contributed by atoms with E-state index in [0.717, 1.165) is 5.82 Å². The van der Waals surface area contributed by atoms with Gasteiger partial charge >= 0.3 is 5.69 Å². The third-order valence-corrected chi connectivity index (χ3v) is 4.88. The molecule has 1 aliphatic heterocycles. The minimum atomic E-state index is -0.555. The molecule has 1 N–H and O–H groups in total. The zero-order valence-electron chi connectivity index (χ0n) is 16.0. The van der Waals surface area contributed by atoms with Crippen molar-refractivity contribution in [3.63, 3.8) is 0 Å². The molecule has 8 heteroatoms. The first kappa shape index (κ1) is 18.7. The zero-order valence-corrected chi connectivity index (χ0v) is 16.0. The van der Waals surface area contributed by atoms with E-state index in [9.17, 15) is 9.59 Å². The Bertz CT molecular complexity index is 1060. The lowest BCUT2D eigenvalue weighted by Gasteiger charge is -2.35. The van der Waals surface area contributed by atoms with Gasteiger partial charge in [-0.3, -0.25) is 4.79 Å². The molecule has 1 saturated heterocycles. The van der Waals surface area contributed by atoms with Gasteiger partial charge in [-0.1, -0.05) is 18.2 Å². The summed E-state index contributed by atoms with van der Waals surface area (Å²) in [6.07, 6.45) is 1.76. The van der Waals surface area contributed by atoms with Crippen LogP contribution in [0, 0.1) is 0 Å². The average Bonchev–Trinajstić information content (AvgIpc) is 2.79. The molecule has 1 aromatic carbocycles. The molecule has 1 aliphatic rings. The quantitative estimate of drug-likeness (QED) is 0.729. The highest BCUT2D eigenvalue weighted by Gasteiger charge is 2.24. The fourth-order valence-electron chi connectivity index (χ4n) is 3.35. The number of carbonyl (C=O) groups is 1. The van der Waals surface area contributed by atoms with E-state index in [2.05, 4.69) is 19.9 Å². The lowest BCUT2D eigenvalue weighted by molar-refractivity contribution is 0.0740. The van der Waals surface area contributed by atoms with E-state index in [1.54, 1.807) is 30.3 Å². The van der Waals surface area contributed by atoms with Gasteiger partial charge in [-0.25, -0.2) is 9.78 Å². The number of aromatic amines is 1. The van der Waals surface area contributed by atoms with Crippen molar-refractivity contribution < 1.29 is 9.53 Å². The van der Waals surface area contributed by atoms with Gasteiger partial charge in [-0.2, -0.15) is 4.98 Å². The first-order chi connectivity index (χ1) is 14.1. The first-order valence-electron chi connectivity index (χ1n) is 9.35. The molecule has 29 heavy (non-hydrogen) atoms. The van der Waals surface area contributed by atoms with Gasteiger partial charge in [0, 0.05) is 37.9 Å². The molecule has 0 spiro atoms. The molecule has 0 aliphatic carbocycles. The van der Waals surface area contributed by atoms with Crippen molar-refractivity contribution in [1.29, 1.82) is 0 Å². The van der Waals surface area contributed by atoms with Crippen LogP contribution in [0.25, 0.3) is 11.3 Å². The number of nitrogens with zero attached hydrogens (tertiary/aromatic N) is 4. The van der Waals surface area contributed by atoms with Crippen molar-refractivity contribution in [2.45, 2.75) is 0 Å². The molecule has 3 aromatic rings. The Balaban J connectivity index is 1.52. The number of hydrogen-bond donors (Lipinski definition) is 1. The van der Waals surface area contributed by atoms with Crippen molar-refractivity contribution >= 4 is 11.7 Å². The molecule has 0 radical (unpaired) electrons. The van der Waals surface area contributed by atoms with Gasteiger partial charge in [-0.15, -0.1) is 0 Å². The lowest BCUT2D eigenvalue weighted by Crippen LogP contribution is -2.49. The van der Waals surface area contributed by atoms with E-state index in [1.807, 2.05) is 36.4 Å². The van der Waals surface area contributed by atoms with E-state index in [-0.39, 0.29) is 11.6 Å². The van der Waals surface area contributed by atoms with Crippen molar-refractivity contribution in [3.8, 4) is 17.0 Å². The summed E-state index contributed by atoms with van der Waals surface area (Å²) in [7, 11) is 1.57. The van der Waals surface area contributed by atoms with Crippen LogP contribution in [0.2, 0.25) is 0 Å². The number of aromatic nitrogens is 3. The molecule has 2 aromatic heterocycles. The van der Waals surface area contributed by atoms with Crippen LogP contribution in [-0.2, 0) is 0 Å². The van der Waals surface area contributed by atoms with Gasteiger partial charge in [0.25, 0.3) is 5.91 Å². The lowest BCUT2D eigenvalue weighted by atomic mass is 10.1. The van der Waals surface area contributed by atoms with Crippen LogP contribution in [0.1, 0.15) is 10.5 Å². The molecule has 0 saturated carbocycles. The van der Waals surface area contributed by atoms with Crippen LogP contribution in [-0.4, -0.2) is 59.0 Å². The highest BCUT2D eigenvalue weighted by Crippen LogP contribution is 2.22. The fourth-order valence-corrected chi connectivity index (χ4v) is 3.35. The Morgan fingerprint density at radius 1 is 1.07 bits per heavy atom. The van der Waals surface area contributed by atoms with E-state index < -0.39 is 5.69 Å². The summed E-state index contributed by atoms with van der Waals surface area (Å²) in [5.41, 5.74) is 0.822. The minimum absolute atomic E-state index is 0.214. The largest absolute Gasteiger partial charge is 0.497 e. The number of hydrogen-bond acceptors (Lipinski definition) is 6. The Hall–Kier alpha value is -3.68. The van der Waals surface area contributed by atoms with Crippen LogP contribution in [0.5, 0.6) is 5.75 Å². The molecule has 0 unspecified atom stereocenters. The number of methoxy groups -OCH3 is 1. The number of pyridine rings is 1. The number of carbonyl (C=O) groups excluding carboxylic acids is 1. The zero-order chi connectivity index (χ0) is 20.2. The van der Waals surface area contributed by atoms with Gasteiger partial charge in [-0.05, 0) is 30.3 Å². The molecule has 3 heterocycles. The Labute approximate surface area is 167 Å². The molecular formula is C21H21N5O3.